The molecule has 4 heterocycles. The molecule has 2 atom stereocenters. The van der Waals surface area contributed by atoms with Crippen molar-refractivity contribution in [3.63, 3.8) is 0 Å². The van der Waals surface area contributed by atoms with E-state index in [4.69, 9.17) is 0 Å². The van der Waals surface area contributed by atoms with Crippen molar-refractivity contribution in [1.29, 1.82) is 0 Å². The van der Waals surface area contributed by atoms with Gasteiger partial charge < -0.3 is 15.5 Å². The van der Waals surface area contributed by atoms with Gasteiger partial charge in [0, 0.05) is 37.6 Å². The van der Waals surface area contributed by atoms with Gasteiger partial charge in [0.05, 0.1) is 11.7 Å². The summed E-state index contributed by atoms with van der Waals surface area (Å²) in [5, 5.41) is 7.81. The third-order valence-electron chi connectivity index (χ3n) is 5.62. The lowest BCUT2D eigenvalue weighted by Crippen LogP contribution is -2.49. The van der Waals surface area contributed by atoms with E-state index in [9.17, 15) is 22.8 Å². The summed E-state index contributed by atoms with van der Waals surface area (Å²) in [6, 6.07) is 3.76. The normalized spacial score (nSPS) is 17.9. The van der Waals surface area contributed by atoms with E-state index < -0.39 is 24.2 Å². The molecule has 0 unspecified atom stereocenters. The summed E-state index contributed by atoms with van der Waals surface area (Å²) in [5.41, 5.74) is 1.25. The van der Waals surface area contributed by atoms with Crippen LogP contribution < -0.4 is 25.8 Å². The van der Waals surface area contributed by atoms with E-state index in [-0.39, 0.29) is 17.6 Å². The first kappa shape index (κ1) is 22.6. The van der Waals surface area contributed by atoms with E-state index in [0.29, 0.717) is 37.6 Å². The maximum atomic E-state index is 13.2. The fourth-order valence-corrected chi connectivity index (χ4v) is 3.93. The van der Waals surface area contributed by atoms with Gasteiger partial charge in [-0.3, -0.25) is 15.0 Å². The molecule has 1 fully saturated rings. The number of alkyl halides is 3. The van der Waals surface area contributed by atoms with Crippen molar-refractivity contribution >= 4 is 34.9 Å². The second-order valence-electron chi connectivity index (χ2n) is 7.92. The first-order chi connectivity index (χ1) is 15.7. The van der Waals surface area contributed by atoms with Gasteiger partial charge in [0.15, 0.2) is 5.82 Å². The minimum Gasteiger partial charge on any atom is -0.385 e. The molecule has 0 aromatic carbocycles. The van der Waals surface area contributed by atoms with Crippen molar-refractivity contribution in [3.05, 3.63) is 36.2 Å². The topological polar surface area (TPSA) is 102 Å². The van der Waals surface area contributed by atoms with Crippen molar-refractivity contribution < 1.29 is 22.8 Å². The highest BCUT2D eigenvalue weighted by Crippen LogP contribution is 2.39. The zero-order valence-electron chi connectivity index (χ0n) is 18.1. The standard InChI is InChI=1S/C21H24F3N7O2/c1-3-25-13-6-8-26-17(10-13)29-20(33)31-14-7-9-30(11-14)16-5-4-15(28-18(16)31)19(32)27-12(2)21(22,23)24/h4-6,8,10,12,14H,3,7,9,11H2,1-2H3,(H,27,32)(H2,25,26,29,33)/t12-,14+/m1/s1. The summed E-state index contributed by atoms with van der Waals surface area (Å²) >= 11 is 0. The number of halogens is 3. The molecule has 33 heavy (non-hydrogen) atoms. The highest BCUT2D eigenvalue weighted by Gasteiger charge is 2.41. The molecule has 2 aliphatic heterocycles. The lowest BCUT2D eigenvalue weighted by molar-refractivity contribution is -0.149. The summed E-state index contributed by atoms with van der Waals surface area (Å²) in [4.78, 5) is 37.6. The largest absolute Gasteiger partial charge is 0.408 e. The van der Waals surface area contributed by atoms with Crippen LogP contribution in [0.4, 0.5) is 41.0 Å². The number of nitrogens with zero attached hydrogens (tertiary/aromatic N) is 4. The average molecular weight is 463 g/mol. The number of rotatable bonds is 5. The van der Waals surface area contributed by atoms with Crippen LogP contribution in [0.15, 0.2) is 30.5 Å². The second kappa shape index (κ2) is 8.75. The average Bonchev–Trinajstić information content (AvgIpc) is 3.17. The van der Waals surface area contributed by atoms with E-state index in [1.165, 1.54) is 11.0 Å². The lowest BCUT2D eigenvalue weighted by atomic mass is 10.1. The molecule has 4 rings (SSSR count). The zero-order valence-corrected chi connectivity index (χ0v) is 18.1. The Morgan fingerprint density at radius 3 is 2.79 bits per heavy atom. The number of hydrogen-bond acceptors (Lipinski definition) is 6. The van der Waals surface area contributed by atoms with Crippen LogP contribution in [0.3, 0.4) is 0 Å². The summed E-state index contributed by atoms with van der Waals surface area (Å²) in [6.45, 7) is 4.81. The molecule has 0 saturated carbocycles. The van der Waals surface area contributed by atoms with Crippen LogP contribution in [0.1, 0.15) is 30.8 Å². The molecule has 3 amide bonds. The highest BCUT2D eigenvalue weighted by atomic mass is 19.4. The van der Waals surface area contributed by atoms with Crippen LogP contribution in [0, 0.1) is 0 Å². The van der Waals surface area contributed by atoms with Gasteiger partial charge in [0.2, 0.25) is 0 Å². The number of fused-ring (bicyclic) bond motifs is 4. The van der Waals surface area contributed by atoms with Gasteiger partial charge in [-0.05, 0) is 38.5 Å². The Kier molecular flexibility index (Phi) is 6.00. The number of amides is 3. The SMILES string of the molecule is CCNc1ccnc(NC(=O)N2c3nc(C(=O)N[C@H](C)C(F)(F)F)ccc3N3CC[C@H]2C3)c1. The molecule has 2 aromatic rings. The third-order valence-corrected chi connectivity index (χ3v) is 5.62. The van der Waals surface area contributed by atoms with Crippen molar-refractivity contribution in [2.75, 3.05) is 40.1 Å². The maximum absolute atomic E-state index is 13.2. The van der Waals surface area contributed by atoms with E-state index in [1.807, 2.05) is 17.1 Å². The predicted molar refractivity (Wildman–Crippen MR) is 118 cm³/mol. The Labute approximate surface area is 188 Å². The van der Waals surface area contributed by atoms with E-state index >= 15 is 0 Å². The van der Waals surface area contributed by atoms with Gasteiger partial charge in [0.1, 0.15) is 17.6 Å². The Morgan fingerprint density at radius 2 is 2.06 bits per heavy atom. The molecule has 9 nitrogen and oxygen atoms in total. The monoisotopic (exact) mass is 463 g/mol. The van der Waals surface area contributed by atoms with E-state index in [1.54, 1.807) is 24.4 Å². The molecule has 1 saturated heterocycles. The summed E-state index contributed by atoms with van der Waals surface area (Å²) in [5.74, 6) is -0.388. The summed E-state index contributed by atoms with van der Waals surface area (Å²) in [7, 11) is 0. The molecule has 0 radical (unpaired) electrons. The first-order valence-electron chi connectivity index (χ1n) is 10.6. The number of pyridine rings is 2. The van der Waals surface area contributed by atoms with Gasteiger partial charge >= 0.3 is 12.2 Å². The lowest BCUT2D eigenvalue weighted by Gasteiger charge is -2.35. The minimum atomic E-state index is -4.57. The summed E-state index contributed by atoms with van der Waals surface area (Å²) in [6.07, 6.45) is -2.31. The molecule has 12 heteroatoms. The van der Waals surface area contributed by atoms with Crippen LogP contribution >= 0.6 is 0 Å². The number of anilines is 4. The van der Waals surface area contributed by atoms with Gasteiger partial charge in [-0.2, -0.15) is 13.2 Å². The van der Waals surface area contributed by atoms with Crippen molar-refractivity contribution in [2.45, 2.75) is 38.5 Å². The van der Waals surface area contributed by atoms with Crippen LogP contribution in [0.5, 0.6) is 0 Å². The molecule has 2 aromatic heterocycles. The Hall–Kier alpha value is -3.57. The number of aromatic nitrogens is 2. The second-order valence-corrected chi connectivity index (χ2v) is 7.92. The molecule has 2 bridgehead atoms. The van der Waals surface area contributed by atoms with Crippen LogP contribution in [0.25, 0.3) is 0 Å². The summed E-state index contributed by atoms with van der Waals surface area (Å²) < 4.78 is 38.5. The molecule has 0 spiro atoms. The fourth-order valence-electron chi connectivity index (χ4n) is 3.93. The van der Waals surface area contributed by atoms with E-state index in [2.05, 4.69) is 20.6 Å². The number of carbonyl (C=O) groups excluding carboxylic acids is 2. The molecular weight excluding hydrogens is 439 g/mol. The van der Waals surface area contributed by atoms with Gasteiger partial charge in [-0.15, -0.1) is 0 Å². The van der Waals surface area contributed by atoms with E-state index in [0.717, 1.165) is 12.6 Å². The first-order valence-corrected chi connectivity index (χ1v) is 10.6. The Balaban J connectivity index is 1.60. The predicted octanol–water partition coefficient (Wildman–Crippen LogP) is 3.22. The van der Waals surface area contributed by atoms with Crippen LogP contribution in [0.2, 0.25) is 0 Å². The van der Waals surface area contributed by atoms with Gasteiger partial charge in [-0.1, -0.05) is 0 Å². The van der Waals surface area contributed by atoms with Crippen molar-refractivity contribution in [1.82, 2.24) is 15.3 Å². The number of carbonyl (C=O) groups is 2. The van der Waals surface area contributed by atoms with Crippen molar-refractivity contribution in [3.8, 4) is 0 Å². The van der Waals surface area contributed by atoms with Gasteiger partial charge in [-0.25, -0.2) is 14.8 Å². The number of nitrogens with one attached hydrogen (secondary N) is 3. The zero-order chi connectivity index (χ0) is 23.8. The molecular formula is C21H24F3N7O2. The molecule has 3 N–H and O–H groups in total. The van der Waals surface area contributed by atoms with Crippen molar-refractivity contribution in [2.24, 2.45) is 0 Å². The minimum absolute atomic E-state index is 0.186. The number of hydrogen-bond donors (Lipinski definition) is 3. The number of urea groups is 1. The molecule has 2 aliphatic rings. The molecule has 176 valence electrons. The Bertz CT molecular complexity index is 1060. The third kappa shape index (κ3) is 4.64. The van der Waals surface area contributed by atoms with Gasteiger partial charge in [0.25, 0.3) is 5.91 Å². The smallest absolute Gasteiger partial charge is 0.385 e. The van der Waals surface area contributed by atoms with Crippen LogP contribution in [-0.2, 0) is 0 Å². The maximum Gasteiger partial charge on any atom is 0.408 e. The van der Waals surface area contributed by atoms with Crippen LogP contribution in [-0.4, -0.2) is 59.8 Å². The molecule has 0 aliphatic carbocycles. The quantitative estimate of drug-likeness (QED) is 0.629. The Morgan fingerprint density at radius 1 is 1.27 bits per heavy atom. The fraction of sp³-hybridized carbons (Fsp3) is 0.429. The highest BCUT2D eigenvalue weighted by molar-refractivity contribution is 6.05.